The number of hydrogen-bond donors (Lipinski definition) is 1. The van der Waals surface area contributed by atoms with Gasteiger partial charge in [-0.1, -0.05) is 58.4 Å². The Morgan fingerprint density at radius 2 is 1.72 bits per heavy atom. The van der Waals surface area contributed by atoms with Gasteiger partial charge in [-0.2, -0.15) is 0 Å². The van der Waals surface area contributed by atoms with Crippen molar-refractivity contribution in [3.05, 3.63) is 70.2 Å². The zero-order valence-corrected chi connectivity index (χ0v) is 22.2. The molecule has 192 valence electrons. The van der Waals surface area contributed by atoms with Gasteiger partial charge in [0.15, 0.2) is 5.78 Å². The number of esters is 1. The first-order chi connectivity index (χ1) is 17.0. The normalized spacial score (nSPS) is 16.2. The lowest BCUT2D eigenvalue weighted by molar-refractivity contribution is -0.145. The molecule has 9 heteroatoms. The van der Waals surface area contributed by atoms with Crippen LogP contribution in [-0.2, 0) is 25.7 Å². The fourth-order valence-corrected chi connectivity index (χ4v) is 4.10. The number of carbonyl (C=O) groups excluding carboxylic acids is 4. The average Bonchev–Trinajstić information content (AvgIpc) is 3.32. The minimum Gasteiger partial charge on any atom is -0.461 e. The van der Waals surface area contributed by atoms with Crippen LogP contribution in [0.1, 0.15) is 56.0 Å². The van der Waals surface area contributed by atoms with E-state index in [1.807, 2.05) is 30.3 Å². The van der Waals surface area contributed by atoms with Crippen LogP contribution in [0.25, 0.3) is 0 Å². The lowest BCUT2D eigenvalue weighted by Gasteiger charge is -2.29. The quantitative estimate of drug-likeness (QED) is 0.373. The molecule has 2 atom stereocenters. The molecule has 1 fully saturated rings. The highest BCUT2D eigenvalue weighted by atomic mass is 79.9. The van der Waals surface area contributed by atoms with Gasteiger partial charge in [-0.05, 0) is 51.3 Å². The molecular formula is C27H31BrN2O6. The molecule has 0 bridgehead atoms. The van der Waals surface area contributed by atoms with Gasteiger partial charge in [0.25, 0.3) is 0 Å². The van der Waals surface area contributed by atoms with Gasteiger partial charge in [0.05, 0.1) is 6.42 Å². The SMILES string of the molecule is CC(C)(C)OC(=O)N1CCCC1C(=O)NC(CC(=O)OCc1ccccc1)C(=O)c1ccc(Br)cc1. The van der Waals surface area contributed by atoms with Crippen molar-refractivity contribution < 1.29 is 28.7 Å². The summed E-state index contributed by atoms with van der Waals surface area (Å²) in [5, 5.41) is 2.70. The molecular weight excluding hydrogens is 528 g/mol. The minimum absolute atomic E-state index is 0.0574. The summed E-state index contributed by atoms with van der Waals surface area (Å²) in [6.45, 7) is 5.69. The van der Waals surface area contributed by atoms with E-state index in [0.29, 0.717) is 24.9 Å². The highest BCUT2D eigenvalue weighted by molar-refractivity contribution is 9.10. The number of nitrogens with zero attached hydrogens (tertiary/aromatic N) is 1. The number of halogens is 1. The van der Waals surface area contributed by atoms with E-state index in [1.165, 1.54) is 4.90 Å². The molecule has 0 spiro atoms. The highest BCUT2D eigenvalue weighted by Gasteiger charge is 2.38. The number of carbonyl (C=O) groups is 4. The first-order valence-corrected chi connectivity index (χ1v) is 12.6. The number of likely N-dealkylation sites (tertiary alicyclic amines) is 1. The third-order valence-corrected chi connectivity index (χ3v) is 6.09. The van der Waals surface area contributed by atoms with Crippen molar-refractivity contribution in [2.45, 2.75) is 64.3 Å². The number of benzene rings is 2. The van der Waals surface area contributed by atoms with Gasteiger partial charge in [-0.25, -0.2) is 4.79 Å². The summed E-state index contributed by atoms with van der Waals surface area (Å²) in [4.78, 5) is 53.1. The topological polar surface area (TPSA) is 102 Å². The molecule has 1 aliphatic rings. The van der Waals surface area contributed by atoms with E-state index < -0.39 is 41.4 Å². The Hall–Kier alpha value is -3.20. The molecule has 2 aromatic carbocycles. The minimum atomic E-state index is -1.15. The summed E-state index contributed by atoms with van der Waals surface area (Å²) in [7, 11) is 0. The average molecular weight is 559 g/mol. The van der Waals surface area contributed by atoms with Gasteiger partial charge >= 0.3 is 12.1 Å². The molecule has 36 heavy (non-hydrogen) atoms. The molecule has 0 radical (unpaired) electrons. The molecule has 0 saturated carbocycles. The van der Waals surface area contributed by atoms with Crippen LogP contribution in [0.2, 0.25) is 0 Å². The summed E-state index contributed by atoms with van der Waals surface area (Å²) in [5.74, 6) is -1.55. The second-order valence-corrected chi connectivity index (χ2v) is 10.5. The second kappa shape index (κ2) is 12.2. The van der Waals surface area contributed by atoms with Crippen LogP contribution in [0.15, 0.2) is 59.1 Å². The monoisotopic (exact) mass is 558 g/mol. The van der Waals surface area contributed by atoms with Gasteiger partial charge in [-0.15, -0.1) is 0 Å². The van der Waals surface area contributed by atoms with Crippen LogP contribution in [0.5, 0.6) is 0 Å². The van der Waals surface area contributed by atoms with Gasteiger partial charge in [-0.3, -0.25) is 19.3 Å². The Balaban J connectivity index is 1.73. The summed E-state index contributed by atoms with van der Waals surface area (Å²) in [6, 6.07) is 13.9. The number of ether oxygens (including phenoxy) is 2. The van der Waals surface area contributed by atoms with Gasteiger partial charge < -0.3 is 14.8 Å². The largest absolute Gasteiger partial charge is 0.461 e. The van der Waals surface area contributed by atoms with Crippen LogP contribution in [0, 0.1) is 0 Å². The molecule has 3 rings (SSSR count). The molecule has 1 N–H and O–H groups in total. The van der Waals surface area contributed by atoms with Crippen molar-refractivity contribution in [2.75, 3.05) is 6.54 Å². The first-order valence-electron chi connectivity index (χ1n) is 11.8. The summed E-state index contributed by atoms with van der Waals surface area (Å²) >= 11 is 3.34. The molecule has 8 nitrogen and oxygen atoms in total. The molecule has 2 aromatic rings. The maximum Gasteiger partial charge on any atom is 0.410 e. The Bertz CT molecular complexity index is 1080. The van der Waals surface area contributed by atoms with Crippen molar-refractivity contribution >= 4 is 39.7 Å². The van der Waals surface area contributed by atoms with E-state index in [-0.39, 0.29) is 13.0 Å². The molecule has 1 saturated heterocycles. The molecule has 0 aromatic heterocycles. The zero-order valence-electron chi connectivity index (χ0n) is 20.7. The van der Waals surface area contributed by atoms with Crippen LogP contribution in [-0.4, -0.2) is 52.9 Å². The molecule has 1 heterocycles. The fraction of sp³-hybridized carbons (Fsp3) is 0.407. The predicted octanol–water partition coefficient (Wildman–Crippen LogP) is 4.65. The second-order valence-electron chi connectivity index (χ2n) is 9.61. The van der Waals surface area contributed by atoms with Crippen LogP contribution in [0.4, 0.5) is 4.79 Å². The van der Waals surface area contributed by atoms with E-state index >= 15 is 0 Å². The third kappa shape index (κ3) is 7.91. The van der Waals surface area contributed by atoms with Crippen molar-refractivity contribution in [3.63, 3.8) is 0 Å². The lowest BCUT2D eigenvalue weighted by atomic mass is 10.0. The van der Waals surface area contributed by atoms with Crippen LogP contribution in [0.3, 0.4) is 0 Å². The van der Waals surface area contributed by atoms with Gasteiger partial charge in [0, 0.05) is 16.6 Å². The number of amides is 2. The zero-order chi connectivity index (χ0) is 26.3. The summed E-state index contributed by atoms with van der Waals surface area (Å²) in [5.41, 5.74) is 0.447. The predicted molar refractivity (Wildman–Crippen MR) is 137 cm³/mol. The van der Waals surface area contributed by atoms with Crippen molar-refractivity contribution in [1.82, 2.24) is 10.2 Å². The number of rotatable bonds is 8. The molecule has 2 unspecified atom stereocenters. The number of ketones is 1. The van der Waals surface area contributed by atoms with E-state index in [4.69, 9.17) is 9.47 Å². The maximum absolute atomic E-state index is 13.3. The van der Waals surface area contributed by atoms with Gasteiger partial charge in [0.2, 0.25) is 5.91 Å². The van der Waals surface area contributed by atoms with E-state index in [0.717, 1.165) is 10.0 Å². The Morgan fingerprint density at radius 3 is 2.36 bits per heavy atom. The van der Waals surface area contributed by atoms with E-state index in [9.17, 15) is 19.2 Å². The molecule has 2 amide bonds. The number of nitrogens with one attached hydrogen (secondary N) is 1. The maximum atomic E-state index is 13.3. The van der Waals surface area contributed by atoms with E-state index in [1.54, 1.807) is 45.0 Å². The molecule has 0 aliphatic carbocycles. The van der Waals surface area contributed by atoms with Crippen LogP contribution >= 0.6 is 15.9 Å². The van der Waals surface area contributed by atoms with Gasteiger partial charge in [0.1, 0.15) is 24.3 Å². The van der Waals surface area contributed by atoms with Crippen molar-refractivity contribution in [2.24, 2.45) is 0 Å². The number of hydrogen-bond acceptors (Lipinski definition) is 6. The summed E-state index contributed by atoms with van der Waals surface area (Å²) in [6.07, 6.45) is 0.134. The third-order valence-electron chi connectivity index (χ3n) is 5.56. The Morgan fingerprint density at radius 1 is 1.06 bits per heavy atom. The first kappa shape index (κ1) is 27.4. The highest BCUT2D eigenvalue weighted by Crippen LogP contribution is 2.22. The van der Waals surface area contributed by atoms with Crippen molar-refractivity contribution in [3.8, 4) is 0 Å². The van der Waals surface area contributed by atoms with Crippen molar-refractivity contribution in [1.29, 1.82) is 0 Å². The Kier molecular flexibility index (Phi) is 9.25. The Labute approximate surface area is 219 Å². The van der Waals surface area contributed by atoms with Crippen LogP contribution < -0.4 is 5.32 Å². The van der Waals surface area contributed by atoms with E-state index in [2.05, 4.69) is 21.2 Å². The number of Topliss-reactive ketones (excluding diaryl/α,β-unsaturated/α-hetero) is 1. The standard InChI is InChI=1S/C27H31BrN2O6/c1-27(2,3)36-26(34)30-15-7-10-22(30)25(33)29-21(24(32)19-11-13-20(28)14-12-19)16-23(31)35-17-18-8-5-4-6-9-18/h4-6,8-9,11-14,21-22H,7,10,15-17H2,1-3H3,(H,29,33). The smallest absolute Gasteiger partial charge is 0.410 e. The lowest BCUT2D eigenvalue weighted by Crippen LogP contribution is -2.52. The fourth-order valence-electron chi connectivity index (χ4n) is 3.83. The molecule has 1 aliphatic heterocycles. The summed E-state index contributed by atoms with van der Waals surface area (Å²) < 4.78 is 11.6.